The number of nitrogens with one attached hydrogen (secondary N) is 1. The maximum absolute atomic E-state index is 11.5. The Balaban J connectivity index is 1.81. The molecular formula is C11H11N3O4S. The topological polar surface area (TPSA) is 93.8 Å². The van der Waals surface area contributed by atoms with Crippen LogP contribution in [0.15, 0.2) is 29.3 Å². The highest BCUT2D eigenvalue weighted by molar-refractivity contribution is 8.14. The van der Waals surface area contributed by atoms with Gasteiger partial charge in [0.25, 0.3) is 11.6 Å². The van der Waals surface area contributed by atoms with Crippen LogP contribution in [0.2, 0.25) is 0 Å². The van der Waals surface area contributed by atoms with Crippen LogP contribution in [0.1, 0.15) is 0 Å². The van der Waals surface area contributed by atoms with Crippen molar-refractivity contribution in [2.45, 2.75) is 0 Å². The van der Waals surface area contributed by atoms with E-state index in [4.69, 9.17) is 4.74 Å². The van der Waals surface area contributed by atoms with Crippen LogP contribution in [0.5, 0.6) is 5.75 Å². The van der Waals surface area contributed by atoms with E-state index in [2.05, 4.69) is 10.3 Å². The molecule has 1 heterocycles. The number of ether oxygens (including phenoxy) is 1. The number of amides is 1. The molecule has 8 heteroatoms. The molecule has 100 valence electrons. The molecule has 0 aliphatic carbocycles. The van der Waals surface area contributed by atoms with Crippen LogP contribution in [0.25, 0.3) is 0 Å². The van der Waals surface area contributed by atoms with Crippen molar-refractivity contribution in [1.82, 2.24) is 5.32 Å². The third-order valence-electron chi connectivity index (χ3n) is 2.25. The summed E-state index contributed by atoms with van der Waals surface area (Å²) >= 11 is 1.49. The number of nitro benzene ring substituents is 1. The van der Waals surface area contributed by atoms with Crippen molar-refractivity contribution in [3.63, 3.8) is 0 Å². The molecule has 0 unspecified atom stereocenters. The van der Waals surface area contributed by atoms with Crippen molar-refractivity contribution < 1.29 is 14.5 Å². The molecule has 1 aromatic rings. The molecule has 1 aliphatic rings. The summed E-state index contributed by atoms with van der Waals surface area (Å²) in [6.45, 7) is 0.556. The molecule has 1 aliphatic heterocycles. The number of nitrogens with zero attached hydrogens (tertiary/aromatic N) is 2. The second-order valence-electron chi connectivity index (χ2n) is 3.62. The number of benzene rings is 1. The Kier molecular flexibility index (Phi) is 4.35. The van der Waals surface area contributed by atoms with Crippen LogP contribution in [-0.2, 0) is 4.79 Å². The van der Waals surface area contributed by atoms with E-state index in [0.29, 0.717) is 17.5 Å². The quantitative estimate of drug-likeness (QED) is 0.661. The SMILES string of the molecule is O=C(COc1ccc([N+](=O)[O-])cc1)NC1=NCCS1. The number of rotatable bonds is 4. The largest absolute Gasteiger partial charge is 0.484 e. The number of carbonyl (C=O) groups excluding carboxylic acids is 1. The number of hydrogen-bond donors (Lipinski definition) is 1. The molecule has 7 nitrogen and oxygen atoms in total. The molecule has 0 bridgehead atoms. The average molecular weight is 281 g/mol. The molecular weight excluding hydrogens is 270 g/mol. The zero-order chi connectivity index (χ0) is 13.7. The minimum Gasteiger partial charge on any atom is -0.484 e. The number of amidine groups is 1. The number of carbonyl (C=O) groups is 1. The Labute approximate surface area is 113 Å². The highest BCUT2D eigenvalue weighted by Crippen LogP contribution is 2.17. The Morgan fingerprint density at radius 3 is 2.79 bits per heavy atom. The van der Waals surface area contributed by atoms with Gasteiger partial charge in [-0.15, -0.1) is 0 Å². The number of aliphatic imine (C=N–C) groups is 1. The minimum atomic E-state index is -0.494. The molecule has 0 saturated heterocycles. The van der Waals surface area contributed by atoms with E-state index in [0.717, 1.165) is 5.75 Å². The smallest absolute Gasteiger partial charge is 0.269 e. The predicted octanol–water partition coefficient (Wildman–Crippen LogP) is 1.19. The van der Waals surface area contributed by atoms with Crippen LogP contribution >= 0.6 is 11.8 Å². The molecule has 1 amide bonds. The first kappa shape index (κ1) is 13.3. The first-order valence-electron chi connectivity index (χ1n) is 5.49. The van der Waals surface area contributed by atoms with Gasteiger partial charge in [-0.25, -0.2) is 0 Å². The third kappa shape index (κ3) is 3.95. The van der Waals surface area contributed by atoms with Crippen LogP contribution in [0.3, 0.4) is 0 Å². The van der Waals surface area contributed by atoms with Crippen LogP contribution in [0, 0.1) is 10.1 Å². The number of non-ortho nitro benzene ring substituents is 1. The monoisotopic (exact) mass is 281 g/mol. The minimum absolute atomic E-state index is 0.0199. The fraction of sp³-hybridized carbons (Fsp3) is 0.273. The van der Waals surface area contributed by atoms with Crippen molar-refractivity contribution >= 4 is 28.5 Å². The van der Waals surface area contributed by atoms with E-state index in [1.165, 1.54) is 36.0 Å². The Morgan fingerprint density at radius 2 is 2.21 bits per heavy atom. The summed E-state index contributed by atoms with van der Waals surface area (Å²) in [7, 11) is 0. The second kappa shape index (κ2) is 6.19. The molecule has 0 spiro atoms. The summed E-state index contributed by atoms with van der Waals surface area (Å²) in [6.07, 6.45) is 0. The van der Waals surface area contributed by atoms with Gasteiger partial charge in [-0.2, -0.15) is 0 Å². The lowest BCUT2D eigenvalue weighted by Gasteiger charge is -2.06. The fourth-order valence-electron chi connectivity index (χ4n) is 1.38. The van der Waals surface area contributed by atoms with E-state index < -0.39 is 4.92 Å². The standard InChI is InChI=1S/C11H11N3O4S/c15-10(13-11-12-5-6-19-11)7-18-9-3-1-8(2-4-9)14(16)17/h1-4H,5-7H2,(H,12,13,15). The van der Waals surface area contributed by atoms with E-state index in [1.54, 1.807) is 0 Å². The summed E-state index contributed by atoms with van der Waals surface area (Å²) in [6, 6.07) is 5.55. The van der Waals surface area contributed by atoms with Gasteiger partial charge < -0.3 is 10.1 Å². The molecule has 0 radical (unpaired) electrons. The van der Waals surface area contributed by atoms with Gasteiger partial charge in [0.15, 0.2) is 11.8 Å². The fourth-order valence-corrected chi connectivity index (χ4v) is 2.12. The van der Waals surface area contributed by atoms with Crippen LogP contribution in [0.4, 0.5) is 5.69 Å². The van der Waals surface area contributed by atoms with Crippen molar-refractivity contribution in [2.75, 3.05) is 18.9 Å². The summed E-state index contributed by atoms with van der Waals surface area (Å²) in [5, 5.41) is 13.7. The molecule has 19 heavy (non-hydrogen) atoms. The normalized spacial score (nSPS) is 13.8. The lowest BCUT2D eigenvalue weighted by Crippen LogP contribution is -2.31. The highest BCUT2D eigenvalue weighted by Gasteiger charge is 2.11. The van der Waals surface area contributed by atoms with Gasteiger partial charge in [0.05, 0.1) is 11.5 Å². The Morgan fingerprint density at radius 1 is 1.47 bits per heavy atom. The van der Waals surface area contributed by atoms with Crippen LogP contribution < -0.4 is 10.1 Å². The van der Waals surface area contributed by atoms with E-state index in [9.17, 15) is 14.9 Å². The first-order chi connectivity index (χ1) is 9.15. The van der Waals surface area contributed by atoms with Crippen LogP contribution in [-0.4, -0.2) is 34.9 Å². The second-order valence-corrected chi connectivity index (χ2v) is 4.71. The molecule has 2 rings (SSSR count). The molecule has 0 fully saturated rings. The molecule has 0 saturated carbocycles. The average Bonchev–Trinajstić information content (AvgIpc) is 2.89. The van der Waals surface area contributed by atoms with Gasteiger partial charge in [0.2, 0.25) is 0 Å². The van der Waals surface area contributed by atoms with Crippen molar-refractivity contribution in [3.05, 3.63) is 34.4 Å². The first-order valence-corrected chi connectivity index (χ1v) is 6.48. The molecule has 0 aromatic heterocycles. The molecule has 0 atom stereocenters. The van der Waals surface area contributed by atoms with E-state index in [1.807, 2.05) is 0 Å². The Bertz CT molecular complexity index is 515. The zero-order valence-corrected chi connectivity index (χ0v) is 10.7. The summed E-state index contributed by atoms with van der Waals surface area (Å²) in [4.78, 5) is 25.6. The maximum atomic E-state index is 11.5. The lowest BCUT2D eigenvalue weighted by molar-refractivity contribution is -0.384. The summed E-state index contributed by atoms with van der Waals surface area (Å²) in [5.41, 5.74) is -0.0199. The van der Waals surface area contributed by atoms with Gasteiger partial charge in [-0.1, -0.05) is 11.8 Å². The predicted molar refractivity (Wildman–Crippen MR) is 71.5 cm³/mol. The number of thioether (sulfide) groups is 1. The molecule has 1 aromatic carbocycles. The summed E-state index contributed by atoms with van der Waals surface area (Å²) in [5.74, 6) is 0.979. The van der Waals surface area contributed by atoms with Gasteiger partial charge in [0.1, 0.15) is 5.75 Å². The lowest BCUT2D eigenvalue weighted by atomic mass is 10.3. The maximum Gasteiger partial charge on any atom is 0.269 e. The van der Waals surface area contributed by atoms with E-state index in [-0.39, 0.29) is 18.2 Å². The highest BCUT2D eigenvalue weighted by atomic mass is 32.2. The zero-order valence-electron chi connectivity index (χ0n) is 9.87. The van der Waals surface area contributed by atoms with Crippen molar-refractivity contribution in [1.29, 1.82) is 0 Å². The van der Waals surface area contributed by atoms with Crippen molar-refractivity contribution in [3.8, 4) is 5.75 Å². The van der Waals surface area contributed by atoms with E-state index >= 15 is 0 Å². The Hall–Kier alpha value is -2.09. The number of hydrogen-bond acceptors (Lipinski definition) is 6. The van der Waals surface area contributed by atoms with Gasteiger partial charge in [-0.3, -0.25) is 19.9 Å². The molecule has 1 N–H and O–H groups in total. The third-order valence-corrected chi connectivity index (χ3v) is 3.14. The van der Waals surface area contributed by atoms with Gasteiger partial charge in [-0.05, 0) is 12.1 Å². The summed E-state index contributed by atoms with van der Waals surface area (Å²) < 4.78 is 5.21. The van der Waals surface area contributed by atoms with Gasteiger partial charge >= 0.3 is 0 Å². The van der Waals surface area contributed by atoms with Crippen molar-refractivity contribution in [2.24, 2.45) is 4.99 Å². The van der Waals surface area contributed by atoms with Gasteiger partial charge in [0, 0.05) is 17.9 Å². The number of nitro groups is 1.